The summed E-state index contributed by atoms with van der Waals surface area (Å²) in [4.78, 5) is 12.1. The topological polar surface area (TPSA) is 55.4 Å². The van der Waals surface area contributed by atoms with Crippen molar-refractivity contribution in [3.05, 3.63) is 47.3 Å². The van der Waals surface area contributed by atoms with Gasteiger partial charge in [0.15, 0.2) is 0 Å². The quantitative estimate of drug-likeness (QED) is 0.899. The number of carbonyl (C=O) groups is 1. The summed E-state index contributed by atoms with van der Waals surface area (Å²) in [5, 5.41) is 2.97. The smallest absolute Gasteiger partial charge is 0.255 e. The minimum absolute atomic E-state index is 0.0821. The molecule has 19 heavy (non-hydrogen) atoms. The first-order valence-electron chi connectivity index (χ1n) is 6.46. The third kappa shape index (κ3) is 3.50. The van der Waals surface area contributed by atoms with Crippen LogP contribution in [-0.4, -0.2) is 11.9 Å². The van der Waals surface area contributed by atoms with Gasteiger partial charge in [0.1, 0.15) is 17.3 Å². The average molecular weight is 261 g/mol. The summed E-state index contributed by atoms with van der Waals surface area (Å²) in [5.74, 6) is 2.27. The molecule has 2 rings (SSSR count). The van der Waals surface area contributed by atoms with Crippen molar-refractivity contribution in [3.8, 4) is 0 Å². The summed E-state index contributed by atoms with van der Waals surface area (Å²) in [6.07, 6.45) is 3.32. The van der Waals surface area contributed by atoms with Crippen LogP contribution in [0.15, 0.2) is 33.3 Å². The summed E-state index contributed by atoms with van der Waals surface area (Å²) < 4.78 is 10.6. The Morgan fingerprint density at radius 2 is 2.21 bits per heavy atom. The lowest BCUT2D eigenvalue weighted by molar-refractivity contribution is 0.0936. The molecular weight excluding hydrogens is 242 g/mol. The maximum absolute atomic E-state index is 12.1. The molecule has 0 saturated heterocycles. The highest BCUT2D eigenvalue weighted by Gasteiger charge is 2.15. The molecular formula is C15H19NO3. The molecule has 1 N–H and O–H groups in total. The SMILES string of the molecule is Cc1cc(C(=O)NC(C)CCc2ccco2)c(C)o1. The Morgan fingerprint density at radius 1 is 1.42 bits per heavy atom. The van der Waals surface area contributed by atoms with Gasteiger partial charge in [-0.3, -0.25) is 4.79 Å². The van der Waals surface area contributed by atoms with Crippen molar-refractivity contribution in [3.63, 3.8) is 0 Å². The van der Waals surface area contributed by atoms with E-state index in [1.165, 1.54) is 0 Å². The second kappa shape index (κ2) is 5.78. The number of hydrogen-bond donors (Lipinski definition) is 1. The summed E-state index contributed by atoms with van der Waals surface area (Å²) >= 11 is 0. The number of amides is 1. The lowest BCUT2D eigenvalue weighted by Crippen LogP contribution is -2.33. The van der Waals surface area contributed by atoms with Gasteiger partial charge in [-0.25, -0.2) is 0 Å². The van der Waals surface area contributed by atoms with Gasteiger partial charge >= 0.3 is 0 Å². The van der Waals surface area contributed by atoms with Crippen LogP contribution in [0, 0.1) is 13.8 Å². The van der Waals surface area contributed by atoms with E-state index in [9.17, 15) is 4.79 Å². The zero-order valence-electron chi connectivity index (χ0n) is 11.5. The zero-order valence-corrected chi connectivity index (χ0v) is 11.5. The second-order valence-electron chi connectivity index (χ2n) is 4.82. The lowest BCUT2D eigenvalue weighted by Gasteiger charge is -2.12. The highest BCUT2D eigenvalue weighted by atomic mass is 16.3. The Kier molecular flexibility index (Phi) is 4.10. The fraction of sp³-hybridized carbons (Fsp3) is 0.400. The fourth-order valence-electron chi connectivity index (χ4n) is 2.04. The molecule has 0 fully saturated rings. The Labute approximate surface area is 112 Å². The van der Waals surface area contributed by atoms with Crippen LogP contribution in [0.5, 0.6) is 0 Å². The third-order valence-corrected chi connectivity index (χ3v) is 3.07. The van der Waals surface area contributed by atoms with Gasteiger partial charge in [0.25, 0.3) is 5.91 Å². The van der Waals surface area contributed by atoms with Crippen molar-refractivity contribution in [1.82, 2.24) is 5.32 Å². The fourth-order valence-corrected chi connectivity index (χ4v) is 2.04. The first-order chi connectivity index (χ1) is 9.06. The molecule has 0 aromatic carbocycles. The van der Waals surface area contributed by atoms with E-state index in [1.54, 1.807) is 19.3 Å². The van der Waals surface area contributed by atoms with Crippen LogP contribution < -0.4 is 5.32 Å². The van der Waals surface area contributed by atoms with Gasteiger partial charge in [-0.15, -0.1) is 0 Å². The van der Waals surface area contributed by atoms with Crippen LogP contribution in [-0.2, 0) is 6.42 Å². The molecule has 0 radical (unpaired) electrons. The molecule has 0 aliphatic heterocycles. The minimum atomic E-state index is -0.0821. The Balaban J connectivity index is 1.86. The molecule has 0 spiro atoms. The predicted molar refractivity (Wildman–Crippen MR) is 72.1 cm³/mol. The number of hydrogen-bond acceptors (Lipinski definition) is 3. The molecule has 4 heteroatoms. The van der Waals surface area contributed by atoms with Gasteiger partial charge in [0.05, 0.1) is 11.8 Å². The molecule has 1 unspecified atom stereocenters. The van der Waals surface area contributed by atoms with Gasteiger partial charge in [-0.1, -0.05) is 0 Å². The molecule has 4 nitrogen and oxygen atoms in total. The minimum Gasteiger partial charge on any atom is -0.469 e. The van der Waals surface area contributed by atoms with Crippen molar-refractivity contribution in [2.45, 2.75) is 39.7 Å². The van der Waals surface area contributed by atoms with Crippen molar-refractivity contribution in [2.24, 2.45) is 0 Å². The van der Waals surface area contributed by atoms with E-state index in [0.29, 0.717) is 11.3 Å². The van der Waals surface area contributed by atoms with Crippen LogP contribution in [0.2, 0.25) is 0 Å². The summed E-state index contributed by atoms with van der Waals surface area (Å²) in [5.41, 5.74) is 0.613. The number of aryl methyl sites for hydroxylation is 3. The largest absolute Gasteiger partial charge is 0.469 e. The predicted octanol–water partition coefficient (Wildman–Crippen LogP) is 3.24. The Hall–Kier alpha value is -1.97. The standard InChI is InChI=1S/C15H19NO3/c1-10(6-7-13-5-4-8-18-13)16-15(17)14-9-11(2)19-12(14)3/h4-5,8-10H,6-7H2,1-3H3,(H,16,17). The van der Waals surface area contributed by atoms with Crippen LogP contribution >= 0.6 is 0 Å². The van der Waals surface area contributed by atoms with E-state index in [4.69, 9.17) is 8.83 Å². The van der Waals surface area contributed by atoms with E-state index in [-0.39, 0.29) is 11.9 Å². The number of rotatable bonds is 5. The maximum Gasteiger partial charge on any atom is 0.255 e. The second-order valence-corrected chi connectivity index (χ2v) is 4.82. The van der Waals surface area contributed by atoms with Gasteiger partial charge in [-0.2, -0.15) is 0 Å². The van der Waals surface area contributed by atoms with E-state index >= 15 is 0 Å². The maximum atomic E-state index is 12.1. The van der Waals surface area contributed by atoms with Crippen LogP contribution in [0.3, 0.4) is 0 Å². The van der Waals surface area contributed by atoms with Crippen LogP contribution in [0.25, 0.3) is 0 Å². The summed E-state index contributed by atoms with van der Waals surface area (Å²) in [6, 6.07) is 5.67. The van der Waals surface area contributed by atoms with Gasteiger partial charge < -0.3 is 14.2 Å². The molecule has 2 aromatic heterocycles. The molecule has 102 valence electrons. The lowest BCUT2D eigenvalue weighted by atomic mass is 10.1. The highest BCUT2D eigenvalue weighted by Crippen LogP contribution is 2.14. The van der Waals surface area contributed by atoms with Crippen LogP contribution in [0.1, 0.15) is 41.0 Å². The summed E-state index contributed by atoms with van der Waals surface area (Å²) in [7, 11) is 0. The molecule has 2 heterocycles. The monoisotopic (exact) mass is 261 g/mol. The third-order valence-electron chi connectivity index (χ3n) is 3.07. The number of nitrogens with one attached hydrogen (secondary N) is 1. The van der Waals surface area contributed by atoms with Gasteiger partial charge in [-0.05, 0) is 45.4 Å². The average Bonchev–Trinajstić information content (AvgIpc) is 2.96. The van der Waals surface area contributed by atoms with Crippen molar-refractivity contribution in [1.29, 1.82) is 0 Å². The number of carbonyl (C=O) groups excluding carboxylic acids is 1. The Bertz CT molecular complexity index is 540. The van der Waals surface area contributed by atoms with Gasteiger partial charge in [0, 0.05) is 12.5 Å². The molecule has 0 aliphatic carbocycles. The van der Waals surface area contributed by atoms with Crippen molar-refractivity contribution >= 4 is 5.91 Å². The molecule has 1 amide bonds. The van der Waals surface area contributed by atoms with E-state index in [2.05, 4.69) is 5.32 Å². The first-order valence-corrected chi connectivity index (χ1v) is 6.46. The van der Waals surface area contributed by atoms with Crippen molar-refractivity contribution < 1.29 is 13.6 Å². The molecule has 0 aliphatic rings. The normalized spacial score (nSPS) is 12.4. The van der Waals surface area contributed by atoms with E-state index < -0.39 is 0 Å². The molecule has 1 atom stereocenters. The molecule has 0 saturated carbocycles. The highest BCUT2D eigenvalue weighted by molar-refractivity contribution is 5.95. The molecule has 2 aromatic rings. The summed E-state index contributed by atoms with van der Waals surface area (Å²) in [6.45, 7) is 5.63. The van der Waals surface area contributed by atoms with E-state index in [0.717, 1.165) is 24.4 Å². The number of furan rings is 2. The Morgan fingerprint density at radius 3 is 2.79 bits per heavy atom. The molecule has 0 bridgehead atoms. The van der Waals surface area contributed by atoms with Crippen LogP contribution in [0.4, 0.5) is 0 Å². The first kappa shape index (κ1) is 13.5. The van der Waals surface area contributed by atoms with Crippen molar-refractivity contribution in [2.75, 3.05) is 0 Å². The van der Waals surface area contributed by atoms with E-state index in [1.807, 2.05) is 26.0 Å². The zero-order chi connectivity index (χ0) is 13.8. The van der Waals surface area contributed by atoms with Gasteiger partial charge in [0.2, 0.25) is 0 Å².